The van der Waals surface area contributed by atoms with Gasteiger partial charge in [0.15, 0.2) is 6.61 Å². The highest BCUT2D eigenvalue weighted by Crippen LogP contribution is 2.20. The molecule has 0 saturated heterocycles. The van der Waals surface area contributed by atoms with Crippen molar-refractivity contribution in [3.8, 4) is 0 Å². The summed E-state index contributed by atoms with van der Waals surface area (Å²) in [6, 6.07) is 6.83. The number of anilines is 1. The second-order valence-electron chi connectivity index (χ2n) is 5.87. The van der Waals surface area contributed by atoms with Crippen molar-refractivity contribution in [1.82, 2.24) is 4.90 Å². The summed E-state index contributed by atoms with van der Waals surface area (Å²) in [5.41, 5.74) is 0.479. The van der Waals surface area contributed by atoms with E-state index in [2.05, 4.69) is 5.32 Å². The summed E-state index contributed by atoms with van der Waals surface area (Å²) in [4.78, 5) is 37.1. The zero-order chi connectivity index (χ0) is 18.2. The SMILES string of the molecule is CN(CC(=O)Nc1ccccc1Cl)C(=O)COC(=O)[C@H]1CC=CCC1. The molecule has 0 aromatic heterocycles. The van der Waals surface area contributed by atoms with Crippen molar-refractivity contribution in [2.45, 2.75) is 19.3 Å². The lowest BCUT2D eigenvalue weighted by Gasteiger charge is -2.19. The predicted molar refractivity (Wildman–Crippen MR) is 95.2 cm³/mol. The molecule has 1 aliphatic rings. The number of nitrogens with zero attached hydrogens (tertiary/aromatic N) is 1. The summed E-state index contributed by atoms with van der Waals surface area (Å²) in [6.45, 7) is -0.525. The Morgan fingerprint density at radius 3 is 2.72 bits per heavy atom. The van der Waals surface area contributed by atoms with Crippen molar-refractivity contribution in [1.29, 1.82) is 0 Å². The number of allylic oxidation sites excluding steroid dienone is 2. The van der Waals surface area contributed by atoms with Gasteiger partial charge >= 0.3 is 5.97 Å². The van der Waals surface area contributed by atoms with E-state index in [1.54, 1.807) is 24.3 Å². The van der Waals surface area contributed by atoms with Crippen LogP contribution in [0.25, 0.3) is 0 Å². The zero-order valence-corrected chi connectivity index (χ0v) is 14.8. The van der Waals surface area contributed by atoms with Crippen LogP contribution in [0.2, 0.25) is 5.02 Å². The number of esters is 1. The molecule has 1 atom stereocenters. The van der Waals surface area contributed by atoms with Gasteiger partial charge in [0.2, 0.25) is 5.91 Å². The number of ether oxygens (including phenoxy) is 1. The van der Waals surface area contributed by atoms with Crippen LogP contribution in [0, 0.1) is 5.92 Å². The lowest BCUT2D eigenvalue weighted by atomic mass is 9.95. The van der Waals surface area contributed by atoms with E-state index < -0.39 is 5.91 Å². The molecular formula is C18H21ClN2O4. The molecule has 0 heterocycles. The Labute approximate surface area is 151 Å². The number of hydrogen-bond donors (Lipinski definition) is 1. The first kappa shape index (κ1) is 19.0. The van der Waals surface area contributed by atoms with Crippen molar-refractivity contribution < 1.29 is 19.1 Å². The van der Waals surface area contributed by atoms with Crippen molar-refractivity contribution in [2.24, 2.45) is 5.92 Å². The number of carbonyl (C=O) groups excluding carboxylic acids is 3. The van der Waals surface area contributed by atoms with Crippen molar-refractivity contribution in [3.05, 3.63) is 41.4 Å². The monoisotopic (exact) mass is 364 g/mol. The number of hydrogen-bond acceptors (Lipinski definition) is 4. The number of likely N-dealkylation sites (N-methyl/N-ethyl adjacent to an activating group) is 1. The number of rotatable bonds is 6. The Kier molecular flexibility index (Phi) is 7.01. The number of benzene rings is 1. The molecule has 1 N–H and O–H groups in total. The highest BCUT2D eigenvalue weighted by Gasteiger charge is 2.22. The van der Waals surface area contributed by atoms with E-state index in [0.717, 1.165) is 12.8 Å². The van der Waals surface area contributed by atoms with Gasteiger partial charge in [-0.3, -0.25) is 14.4 Å². The Balaban J connectivity index is 1.75. The maximum Gasteiger partial charge on any atom is 0.309 e. The molecule has 0 saturated carbocycles. The summed E-state index contributed by atoms with van der Waals surface area (Å²) >= 11 is 5.97. The van der Waals surface area contributed by atoms with E-state index >= 15 is 0 Å². The highest BCUT2D eigenvalue weighted by molar-refractivity contribution is 6.33. The van der Waals surface area contributed by atoms with Gasteiger partial charge in [-0.1, -0.05) is 35.9 Å². The van der Waals surface area contributed by atoms with Crippen molar-refractivity contribution in [3.63, 3.8) is 0 Å². The maximum absolute atomic E-state index is 12.0. The van der Waals surface area contributed by atoms with E-state index in [4.69, 9.17) is 16.3 Å². The molecule has 134 valence electrons. The Hall–Kier alpha value is -2.34. The topological polar surface area (TPSA) is 75.7 Å². The third kappa shape index (κ3) is 5.90. The fourth-order valence-electron chi connectivity index (χ4n) is 2.42. The van der Waals surface area contributed by atoms with Gasteiger partial charge in [-0.25, -0.2) is 0 Å². The average molecular weight is 365 g/mol. The van der Waals surface area contributed by atoms with Gasteiger partial charge in [0.05, 0.1) is 23.2 Å². The molecule has 1 aromatic rings. The molecule has 6 nitrogen and oxygen atoms in total. The summed E-state index contributed by atoms with van der Waals surface area (Å²) in [5, 5.41) is 3.05. The molecular weight excluding hydrogens is 344 g/mol. The van der Waals surface area contributed by atoms with Gasteiger partial charge in [0, 0.05) is 7.05 Å². The molecule has 0 bridgehead atoms. The van der Waals surface area contributed by atoms with Crippen LogP contribution in [0.4, 0.5) is 5.69 Å². The van der Waals surface area contributed by atoms with E-state index in [-0.39, 0.29) is 30.9 Å². The number of halogens is 1. The first-order chi connectivity index (χ1) is 12.0. The van der Waals surface area contributed by atoms with Gasteiger partial charge in [0.25, 0.3) is 5.91 Å². The number of para-hydroxylation sites is 1. The minimum Gasteiger partial charge on any atom is -0.455 e. The number of nitrogens with one attached hydrogen (secondary N) is 1. The maximum atomic E-state index is 12.0. The molecule has 25 heavy (non-hydrogen) atoms. The minimum absolute atomic E-state index is 0.159. The van der Waals surface area contributed by atoms with Crippen molar-refractivity contribution in [2.75, 3.05) is 25.5 Å². The van der Waals surface area contributed by atoms with Crippen LogP contribution in [0.5, 0.6) is 0 Å². The fourth-order valence-corrected chi connectivity index (χ4v) is 2.61. The second-order valence-corrected chi connectivity index (χ2v) is 6.27. The molecule has 0 aliphatic heterocycles. The summed E-state index contributed by atoms with van der Waals surface area (Å²) in [6.07, 6.45) is 6.20. The number of amides is 2. The van der Waals surface area contributed by atoms with Gasteiger partial charge in [-0.15, -0.1) is 0 Å². The van der Waals surface area contributed by atoms with E-state index in [1.807, 2.05) is 12.2 Å². The van der Waals surface area contributed by atoms with Crippen LogP contribution in [0.3, 0.4) is 0 Å². The van der Waals surface area contributed by atoms with E-state index in [0.29, 0.717) is 17.1 Å². The zero-order valence-electron chi connectivity index (χ0n) is 14.0. The van der Waals surface area contributed by atoms with Gasteiger partial charge in [-0.05, 0) is 31.4 Å². The van der Waals surface area contributed by atoms with Crippen molar-refractivity contribution >= 4 is 35.1 Å². The van der Waals surface area contributed by atoms with Crippen LogP contribution in [0.1, 0.15) is 19.3 Å². The molecule has 0 fully saturated rings. The van der Waals surface area contributed by atoms with Crippen LogP contribution in [0.15, 0.2) is 36.4 Å². The first-order valence-electron chi connectivity index (χ1n) is 8.07. The van der Waals surface area contributed by atoms with E-state index in [1.165, 1.54) is 11.9 Å². The largest absolute Gasteiger partial charge is 0.455 e. The molecule has 1 aliphatic carbocycles. The quantitative estimate of drug-likeness (QED) is 0.622. The normalized spacial score (nSPS) is 16.2. The second kappa shape index (κ2) is 9.22. The highest BCUT2D eigenvalue weighted by atomic mass is 35.5. The Morgan fingerprint density at radius 2 is 2.04 bits per heavy atom. The third-order valence-electron chi connectivity index (χ3n) is 3.89. The fraction of sp³-hybridized carbons (Fsp3) is 0.389. The first-order valence-corrected chi connectivity index (χ1v) is 8.45. The average Bonchev–Trinajstić information content (AvgIpc) is 2.62. The van der Waals surface area contributed by atoms with Gasteiger partial charge in [0.1, 0.15) is 0 Å². The summed E-state index contributed by atoms with van der Waals surface area (Å²) < 4.78 is 5.07. The number of carbonyl (C=O) groups is 3. The molecule has 0 unspecified atom stereocenters. The minimum atomic E-state index is -0.436. The molecule has 1 aromatic carbocycles. The van der Waals surface area contributed by atoms with Gasteiger partial charge < -0.3 is 15.0 Å². The van der Waals surface area contributed by atoms with E-state index in [9.17, 15) is 14.4 Å². The molecule has 7 heteroatoms. The lowest BCUT2D eigenvalue weighted by Crippen LogP contribution is -2.38. The lowest BCUT2D eigenvalue weighted by molar-refractivity contribution is -0.155. The summed E-state index contributed by atoms with van der Waals surface area (Å²) in [5.74, 6) is -1.38. The van der Waals surface area contributed by atoms with Gasteiger partial charge in [-0.2, -0.15) is 0 Å². The Bertz CT molecular complexity index is 675. The van der Waals surface area contributed by atoms with Crippen LogP contribution >= 0.6 is 11.6 Å². The van der Waals surface area contributed by atoms with Crippen LogP contribution in [-0.4, -0.2) is 42.9 Å². The predicted octanol–water partition coefficient (Wildman–Crippen LogP) is 2.64. The standard InChI is InChI=1S/C18H21ClN2O4/c1-21(11-16(22)20-15-10-6-5-9-14(15)19)17(23)12-25-18(24)13-7-3-2-4-8-13/h2-3,5-6,9-10,13H,4,7-8,11-12H2,1H3,(H,20,22)/t13-/m0/s1. The molecule has 0 radical (unpaired) electrons. The smallest absolute Gasteiger partial charge is 0.309 e. The molecule has 0 spiro atoms. The molecule has 2 rings (SSSR count). The Morgan fingerprint density at radius 1 is 1.28 bits per heavy atom. The molecule has 2 amide bonds. The van der Waals surface area contributed by atoms with Crippen LogP contribution in [-0.2, 0) is 19.1 Å². The summed E-state index contributed by atoms with van der Waals surface area (Å²) in [7, 11) is 1.48. The third-order valence-corrected chi connectivity index (χ3v) is 4.22. The van der Waals surface area contributed by atoms with Crippen LogP contribution < -0.4 is 5.32 Å².